The number of aromatic nitrogens is 2. The summed E-state index contributed by atoms with van der Waals surface area (Å²) in [6, 6.07) is 3.13. The number of rotatable bonds is 3. The highest BCUT2D eigenvalue weighted by atomic mass is 32.1. The van der Waals surface area contributed by atoms with Gasteiger partial charge in [0.05, 0.1) is 5.39 Å². The molecule has 2 aromatic heterocycles. The van der Waals surface area contributed by atoms with E-state index in [2.05, 4.69) is 32.8 Å². The molecule has 1 aliphatic carbocycles. The molecule has 23 heavy (non-hydrogen) atoms. The quantitative estimate of drug-likeness (QED) is 0.859. The zero-order chi connectivity index (χ0) is 15.6. The van der Waals surface area contributed by atoms with Gasteiger partial charge in [-0.15, -0.1) is 11.3 Å². The first-order valence-corrected chi connectivity index (χ1v) is 9.89. The van der Waals surface area contributed by atoms with E-state index in [1.165, 1.54) is 55.5 Å². The molecule has 0 unspecified atom stereocenters. The average molecular weight is 331 g/mol. The summed E-state index contributed by atoms with van der Waals surface area (Å²) in [5.74, 6) is 1.15. The molecule has 0 radical (unpaired) electrons. The maximum Gasteiger partial charge on any atom is 0.140 e. The number of thiophene rings is 1. The van der Waals surface area contributed by atoms with Gasteiger partial charge in [0.2, 0.25) is 0 Å². The number of piperazine rings is 1. The number of aryl methyl sites for hydroxylation is 1. The van der Waals surface area contributed by atoms with Gasteiger partial charge >= 0.3 is 0 Å². The average Bonchev–Trinajstić information content (AvgIpc) is 3.06. The first-order valence-electron chi connectivity index (χ1n) is 9.07. The third-order valence-electron chi connectivity index (χ3n) is 5.41. The summed E-state index contributed by atoms with van der Waals surface area (Å²) in [5.41, 5.74) is 0. The van der Waals surface area contributed by atoms with Crippen LogP contribution in [0.1, 0.15) is 43.9 Å². The van der Waals surface area contributed by atoms with Gasteiger partial charge in [-0.1, -0.05) is 26.2 Å². The summed E-state index contributed by atoms with van der Waals surface area (Å²) >= 11 is 1.81. The molecule has 3 heterocycles. The summed E-state index contributed by atoms with van der Waals surface area (Å²) in [5, 5.41) is 1.25. The molecular formula is C18H26N4S. The highest BCUT2D eigenvalue weighted by Gasteiger charge is 2.26. The first-order chi connectivity index (χ1) is 11.3. The van der Waals surface area contributed by atoms with Crippen LogP contribution in [0.2, 0.25) is 0 Å². The normalized spacial score (nSPS) is 21.2. The van der Waals surface area contributed by atoms with E-state index in [-0.39, 0.29) is 0 Å². The van der Waals surface area contributed by atoms with Crippen LogP contribution in [0, 0.1) is 0 Å². The van der Waals surface area contributed by atoms with Crippen LogP contribution in [0.5, 0.6) is 0 Å². The molecule has 1 saturated carbocycles. The molecular weight excluding hydrogens is 304 g/mol. The maximum atomic E-state index is 4.62. The van der Waals surface area contributed by atoms with E-state index in [9.17, 15) is 0 Å². The van der Waals surface area contributed by atoms with Gasteiger partial charge in [0.15, 0.2) is 0 Å². The molecule has 4 rings (SSSR count). The van der Waals surface area contributed by atoms with E-state index in [0.29, 0.717) is 0 Å². The van der Waals surface area contributed by atoms with Crippen molar-refractivity contribution in [1.29, 1.82) is 0 Å². The second kappa shape index (κ2) is 6.73. The van der Waals surface area contributed by atoms with Crippen molar-refractivity contribution in [2.75, 3.05) is 31.1 Å². The Hall–Kier alpha value is -1.20. The summed E-state index contributed by atoms with van der Waals surface area (Å²) in [6.45, 7) is 6.77. The van der Waals surface area contributed by atoms with E-state index in [1.54, 1.807) is 6.33 Å². The van der Waals surface area contributed by atoms with Crippen LogP contribution in [0.3, 0.4) is 0 Å². The first kappa shape index (κ1) is 15.3. The fourth-order valence-corrected chi connectivity index (χ4v) is 4.99. The van der Waals surface area contributed by atoms with Gasteiger partial charge in [-0.25, -0.2) is 9.97 Å². The summed E-state index contributed by atoms with van der Waals surface area (Å²) in [6.07, 6.45) is 9.91. The highest BCUT2D eigenvalue weighted by molar-refractivity contribution is 7.18. The van der Waals surface area contributed by atoms with Crippen LogP contribution in [-0.4, -0.2) is 47.1 Å². The standard InChI is InChI=1S/C18H26N4S/c1-2-15-12-16-17(19-13-20-18(16)23-15)22-10-8-21(9-11-22)14-6-4-3-5-7-14/h12-14H,2-11H2,1H3. The fraction of sp³-hybridized carbons (Fsp3) is 0.667. The molecule has 0 atom stereocenters. The number of anilines is 1. The Bertz CT molecular complexity index is 654. The Labute approximate surface area is 142 Å². The predicted molar refractivity (Wildman–Crippen MR) is 97.5 cm³/mol. The van der Waals surface area contributed by atoms with Crippen molar-refractivity contribution in [3.8, 4) is 0 Å². The van der Waals surface area contributed by atoms with Crippen molar-refractivity contribution in [2.45, 2.75) is 51.5 Å². The van der Waals surface area contributed by atoms with Gasteiger partial charge in [-0.2, -0.15) is 0 Å². The molecule has 0 spiro atoms. The summed E-state index contributed by atoms with van der Waals surface area (Å²) < 4.78 is 0. The Morgan fingerprint density at radius 3 is 2.61 bits per heavy atom. The van der Waals surface area contributed by atoms with Crippen molar-refractivity contribution in [2.24, 2.45) is 0 Å². The maximum absolute atomic E-state index is 4.62. The largest absolute Gasteiger partial charge is 0.353 e. The molecule has 2 aromatic rings. The highest BCUT2D eigenvalue weighted by Crippen LogP contribution is 2.31. The van der Waals surface area contributed by atoms with Gasteiger partial charge in [0.25, 0.3) is 0 Å². The number of fused-ring (bicyclic) bond motifs is 1. The topological polar surface area (TPSA) is 32.3 Å². The number of hydrogen-bond donors (Lipinski definition) is 0. The molecule has 0 N–H and O–H groups in total. The molecule has 5 heteroatoms. The van der Waals surface area contributed by atoms with E-state index in [4.69, 9.17) is 0 Å². The van der Waals surface area contributed by atoms with Crippen molar-refractivity contribution < 1.29 is 0 Å². The van der Waals surface area contributed by atoms with Crippen LogP contribution >= 0.6 is 11.3 Å². The molecule has 1 saturated heterocycles. The molecule has 0 aromatic carbocycles. The summed E-state index contributed by atoms with van der Waals surface area (Å²) in [7, 11) is 0. The van der Waals surface area contributed by atoms with Crippen LogP contribution in [0.4, 0.5) is 5.82 Å². The zero-order valence-electron chi connectivity index (χ0n) is 14.0. The van der Waals surface area contributed by atoms with Crippen LogP contribution in [0.15, 0.2) is 12.4 Å². The molecule has 2 fully saturated rings. The smallest absolute Gasteiger partial charge is 0.140 e. The predicted octanol–water partition coefficient (Wildman–Crippen LogP) is 3.71. The third-order valence-corrected chi connectivity index (χ3v) is 6.60. The van der Waals surface area contributed by atoms with Crippen molar-refractivity contribution >= 4 is 27.4 Å². The summed E-state index contributed by atoms with van der Waals surface area (Å²) in [4.78, 5) is 16.8. The lowest BCUT2D eigenvalue weighted by Crippen LogP contribution is -2.51. The molecule has 124 valence electrons. The van der Waals surface area contributed by atoms with Crippen LogP contribution in [-0.2, 0) is 6.42 Å². The van der Waals surface area contributed by atoms with Gasteiger partial charge in [-0.05, 0) is 25.3 Å². The molecule has 1 aliphatic heterocycles. The second-order valence-corrected chi connectivity index (χ2v) is 7.91. The van der Waals surface area contributed by atoms with E-state index >= 15 is 0 Å². The Morgan fingerprint density at radius 1 is 1.09 bits per heavy atom. The van der Waals surface area contributed by atoms with Crippen molar-refractivity contribution in [3.63, 3.8) is 0 Å². The van der Waals surface area contributed by atoms with E-state index in [1.807, 2.05) is 11.3 Å². The lowest BCUT2D eigenvalue weighted by atomic mass is 9.94. The lowest BCUT2D eigenvalue weighted by molar-refractivity contribution is 0.148. The third kappa shape index (κ3) is 3.09. The Kier molecular flexibility index (Phi) is 4.49. The van der Waals surface area contributed by atoms with Crippen molar-refractivity contribution in [1.82, 2.24) is 14.9 Å². The lowest BCUT2D eigenvalue weighted by Gasteiger charge is -2.41. The monoisotopic (exact) mass is 330 g/mol. The minimum Gasteiger partial charge on any atom is -0.353 e. The van der Waals surface area contributed by atoms with Gasteiger partial charge in [0, 0.05) is 37.1 Å². The Balaban J connectivity index is 1.48. The van der Waals surface area contributed by atoms with Crippen LogP contribution in [0.25, 0.3) is 10.2 Å². The van der Waals surface area contributed by atoms with Gasteiger partial charge in [0.1, 0.15) is 17.0 Å². The fourth-order valence-electron chi connectivity index (χ4n) is 4.06. The van der Waals surface area contributed by atoms with E-state index < -0.39 is 0 Å². The number of hydrogen-bond acceptors (Lipinski definition) is 5. The van der Waals surface area contributed by atoms with Crippen LogP contribution < -0.4 is 4.90 Å². The van der Waals surface area contributed by atoms with Crippen molar-refractivity contribution in [3.05, 3.63) is 17.3 Å². The molecule has 4 nitrogen and oxygen atoms in total. The van der Waals surface area contributed by atoms with E-state index in [0.717, 1.165) is 36.2 Å². The Morgan fingerprint density at radius 2 is 1.87 bits per heavy atom. The minimum absolute atomic E-state index is 0.837. The van der Waals surface area contributed by atoms with Gasteiger partial charge < -0.3 is 4.90 Å². The molecule has 0 amide bonds. The zero-order valence-corrected chi connectivity index (χ0v) is 14.8. The second-order valence-electron chi connectivity index (χ2n) is 6.80. The SMILES string of the molecule is CCc1cc2c(N3CCN(C4CCCCC4)CC3)ncnc2s1. The van der Waals surface area contributed by atoms with Gasteiger partial charge in [-0.3, -0.25) is 4.90 Å². The molecule has 0 bridgehead atoms. The molecule has 2 aliphatic rings. The number of nitrogens with zero attached hydrogens (tertiary/aromatic N) is 4. The minimum atomic E-state index is 0.837.